The molecular weight excluding hydrogens is 182 g/mol. The summed E-state index contributed by atoms with van der Waals surface area (Å²) in [5.74, 6) is 0.628. The van der Waals surface area contributed by atoms with Crippen LogP contribution in [0.5, 0.6) is 0 Å². The van der Waals surface area contributed by atoms with Gasteiger partial charge in [-0.05, 0) is 12.1 Å². The van der Waals surface area contributed by atoms with Crippen LogP contribution in [0, 0.1) is 0 Å². The van der Waals surface area contributed by atoms with Gasteiger partial charge in [-0.15, -0.1) is 0 Å². The fraction of sp³-hybridized carbons (Fsp3) is 0.111. The van der Waals surface area contributed by atoms with Crippen molar-refractivity contribution in [2.75, 3.05) is 5.73 Å². The second-order valence-electron chi connectivity index (χ2n) is 2.80. The molecule has 2 rings (SSSR count). The number of hydrogen-bond acceptors (Lipinski definition) is 5. The molecule has 5 nitrogen and oxygen atoms in total. The molecule has 72 valence electrons. The zero-order valence-corrected chi connectivity index (χ0v) is 7.34. The van der Waals surface area contributed by atoms with Crippen molar-refractivity contribution in [2.45, 2.75) is 6.61 Å². The molecule has 0 radical (unpaired) electrons. The van der Waals surface area contributed by atoms with Crippen LogP contribution in [-0.2, 0) is 6.61 Å². The standard InChI is InChI=1S/C9H9N3O2/c10-7-3-1-2-6(4-7)9-11-8(5-13)14-12-9/h1-4,13H,5,10H2. The molecule has 0 atom stereocenters. The zero-order chi connectivity index (χ0) is 9.97. The summed E-state index contributed by atoms with van der Waals surface area (Å²) in [6, 6.07) is 7.14. The number of nitrogens with zero attached hydrogens (tertiary/aromatic N) is 2. The monoisotopic (exact) mass is 191 g/mol. The quantitative estimate of drug-likeness (QED) is 0.686. The summed E-state index contributed by atoms with van der Waals surface area (Å²) in [6.07, 6.45) is 0. The number of rotatable bonds is 2. The maximum absolute atomic E-state index is 8.73. The molecule has 0 saturated heterocycles. The number of aromatic nitrogens is 2. The summed E-state index contributed by atoms with van der Waals surface area (Å²) in [4.78, 5) is 3.96. The Morgan fingerprint density at radius 3 is 2.93 bits per heavy atom. The number of nitrogens with two attached hydrogens (primary N) is 1. The Morgan fingerprint density at radius 1 is 1.43 bits per heavy atom. The minimum atomic E-state index is -0.255. The predicted octanol–water partition coefficient (Wildman–Crippen LogP) is 0.811. The predicted molar refractivity (Wildman–Crippen MR) is 50.1 cm³/mol. The number of benzene rings is 1. The molecule has 0 bridgehead atoms. The summed E-state index contributed by atoms with van der Waals surface area (Å²) in [5, 5.41) is 12.4. The fourth-order valence-electron chi connectivity index (χ4n) is 1.11. The lowest BCUT2D eigenvalue weighted by molar-refractivity contribution is 0.222. The van der Waals surface area contributed by atoms with E-state index in [1.165, 1.54) is 0 Å². The van der Waals surface area contributed by atoms with E-state index in [0.29, 0.717) is 11.5 Å². The van der Waals surface area contributed by atoms with Crippen LogP contribution >= 0.6 is 0 Å². The molecule has 2 aromatic rings. The molecule has 0 aliphatic carbocycles. The van der Waals surface area contributed by atoms with Crippen molar-refractivity contribution in [1.29, 1.82) is 0 Å². The topological polar surface area (TPSA) is 85.2 Å². The van der Waals surface area contributed by atoms with Gasteiger partial charge in [-0.25, -0.2) is 0 Å². The molecule has 0 saturated carbocycles. The molecule has 0 aliphatic heterocycles. The molecule has 0 aliphatic rings. The van der Waals surface area contributed by atoms with Gasteiger partial charge in [0.05, 0.1) is 0 Å². The fourth-order valence-corrected chi connectivity index (χ4v) is 1.11. The number of aliphatic hydroxyl groups excluding tert-OH is 1. The molecule has 1 aromatic heterocycles. The minimum Gasteiger partial charge on any atom is -0.399 e. The van der Waals surface area contributed by atoms with Crippen molar-refractivity contribution >= 4 is 5.69 Å². The average molecular weight is 191 g/mol. The number of nitrogen functional groups attached to an aromatic ring is 1. The third-order valence-electron chi connectivity index (χ3n) is 1.75. The summed E-state index contributed by atoms with van der Waals surface area (Å²) >= 11 is 0. The Labute approximate surface area is 80.2 Å². The molecule has 5 heteroatoms. The van der Waals surface area contributed by atoms with Crippen LogP contribution in [0.2, 0.25) is 0 Å². The highest BCUT2D eigenvalue weighted by atomic mass is 16.5. The van der Waals surface area contributed by atoms with E-state index in [1.54, 1.807) is 18.2 Å². The maximum atomic E-state index is 8.73. The van der Waals surface area contributed by atoms with Crippen molar-refractivity contribution in [1.82, 2.24) is 10.1 Å². The SMILES string of the molecule is Nc1cccc(-c2noc(CO)n2)c1. The largest absolute Gasteiger partial charge is 0.399 e. The third kappa shape index (κ3) is 1.57. The molecule has 1 heterocycles. The first-order chi connectivity index (χ1) is 6.79. The van der Waals surface area contributed by atoms with Crippen molar-refractivity contribution < 1.29 is 9.63 Å². The van der Waals surface area contributed by atoms with Gasteiger partial charge in [-0.3, -0.25) is 0 Å². The highest BCUT2D eigenvalue weighted by Crippen LogP contribution is 2.17. The lowest BCUT2D eigenvalue weighted by atomic mass is 10.2. The maximum Gasteiger partial charge on any atom is 0.252 e. The van der Waals surface area contributed by atoms with Gasteiger partial charge in [-0.2, -0.15) is 4.98 Å². The summed E-state index contributed by atoms with van der Waals surface area (Å²) < 4.78 is 4.76. The van der Waals surface area contributed by atoms with Crippen molar-refractivity contribution in [3.63, 3.8) is 0 Å². The van der Waals surface area contributed by atoms with Gasteiger partial charge in [0.15, 0.2) is 0 Å². The van der Waals surface area contributed by atoms with Crippen molar-refractivity contribution in [3.8, 4) is 11.4 Å². The van der Waals surface area contributed by atoms with Crippen LogP contribution in [-0.4, -0.2) is 15.2 Å². The van der Waals surface area contributed by atoms with Gasteiger partial charge >= 0.3 is 0 Å². The van der Waals surface area contributed by atoms with E-state index in [2.05, 4.69) is 10.1 Å². The van der Waals surface area contributed by atoms with E-state index in [9.17, 15) is 0 Å². The van der Waals surface area contributed by atoms with E-state index in [0.717, 1.165) is 5.56 Å². The van der Waals surface area contributed by atoms with Crippen molar-refractivity contribution in [3.05, 3.63) is 30.2 Å². The lowest BCUT2D eigenvalue weighted by Crippen LogP contribution is -1.87. The van der Waals surface area contributed by atoms with Crippen LogP contribution in [0.25, 0.3) is 11.4 Å². The first kappa shape index (κ1) is 8.71. The molecule has 14 heavy (non-hydrogen) atoms. The summed E-state index contributed by atoms with van der Waals surface area (Å²) in [5.41, 5.74) is 7.01. The molecule has 0 amide bonds. The van der Waals surface area contributed by atoms with Gasteiger partial charge in [-0.1, -0.05) is 17.3 Å². The normalized spacial score (nSPS) is 10.4. The molecule has 1 aromatic carbocycles. The minimum absolute atomic E-state index is 0.197. The zero-order valence-electron chi connectivity index (χ0n) is 7.34. The molecule has 0 unspecified atom stereocenters. The Bertz CT molecular complexity index is 439. The average Bonchev–Trinajstić information content (AvgIpc) is 2.66. The Morgan fingerprint density at radius 2 is 2.29 bits per heavy atom. The lowest BCUT2D eigenvalue weighted by Gasteiger charge is -1.94. The highest BCUT2D eigenvalue weighted by Gasteiger charge is 2.06. The smallest absolute Gasteiger partial charge is 0.252 e. The van der Waals surface area contributed by atoms with Crippen LogP contribution < -0.4 is 5.73 Å². The van der Waals surface area contributed by atoms with Crippen LogP contribution in [0.3, 0.4) is 0 Å². The second kappa shape index (κ2) is 3.47. The highest BCUT2D eigenvalue weighted by molar-refractivity contribution is 5.60. The molecule has 0 fully saturated rings. The Kier molecular flexibility index (Phi) is 2.16. The van der Waals surface area contributed by atoms with Gasteiger partial charge in [0.2, 0.25) is 5.82 Å². The summed E-state index contributed by atoms with van der Waals surface area (Å²) in [6.45, 7) is -0.255. The van der Waals surface area contributed by atoms with Gasteiger partial charge in [0.25, 0.3) is 5.89 Å². The Balaban J connectivity index is 2.39. The molecule has 3 N–H and O–H groups in total. The van der Waals surface area contributed by atoms with Crippen LogP contribution in [0.1, 0.15) is 5.89 Å². The van der Waals surface area contributed by atoms with Crippen LogP contribution in [0.4, 0.5) is 5.69 Å². The summed E-state index contributed by atoms with van der Waals surface area (Å²) in [7, 11) is 0. The first-order valence-corrected chi connectivity index (χ1v) is 4.09. The Hall–Kier alpha value is -1.88. The van der Waals surface area contributed by atoms with E-state index < -0.39 is 0 Å². The molecular formula is C9H9N3O2. The van der Waals surface area contributed by atoms with Gasteiger partial charge < -0.3 is 15.4 Å². The van der Waals surface area contributed by atoms with E-state index in [-0.39, 0.29) is 12.5 Å². The van der Waals surface area contributed by atoms with E-state index >= 15 is 0 Å². The van der Waals surface area contributed by atoms with Gasteiger partial charge in [0.1, 0.15) is 6.61 Å². The number of aliphatic hydroxyl groups is 1. The number of hydrogen-bond donors (Lipinski definition) is 2. The van der Waals surface area contributed by atoms with E-state index in [4.69, 9.17) is 15.4 Å². The van der Waals surface area contributed by atoms with E-state index in [1.807, 2.05) is 6.07 Å². The van der Waals surface area contributed by atoms with Gasteiger partial charge in [0, 0.05) is 11.3 Å². The number of anilines is 1. The third-order valence-corrected chi connectivity index (χ3v) is 1.75. The second-order valence-corrected chi connectivity index (χ2v) is 2.80. The van der Waals surface area contributed by atoms with Crippen molar-refractivity contribution in [2.24, 2.45) is 0 Å². The van der Waals surface area contributed by atoms with Crippen LogP contribution in [0.15, 0.2) is 28.8 Å². The molecule has 0 spiro atoms. The first-order valence-electron chi connectivity index (χ1n) is 4.09.